The topological polar surface area (TPSA) is 208 Å². The molecule has 4 unspecified atom stereocenters. The van der Waals surface area contributed by atoms with Crippen LogP contribution in [-0.4, -0.2) is 87.3 Å². The van der Waals surface area contributed by atoms with E-state index in [1.807, 2.05) is 0 Å². The molecule has 160 valence electrons. The van der Waals surface area contributed by atoms with Gasteiger partial charge in [0.25, 0.3) is 0 Å². The number of carboxylic acids is 2. The maximum atomic E-state index is 12.3. The van der Waals surface area contributed by atoms with Crippen molar-refractivity contribution in [2.45, 2.75) is 37.0 Å². The standard InChI is InChI=1S/C14H24N4O8S2/c15-6(3-19)11(22)17-8(4-27)13(24)16-7(1-2-10(20)21)12(23)18-9(5-28)14(25)26/h6-9,19,27-28H,1-5,15H2,(H,16,24)(H,17,22)(H,18,23)(H,20,21)(H,25,26). The van der Waals surface area contributed by atoms with Gasteiger partial charge in [0, 0.05) is 17.9 Å². The highest BCUT2D eigenvalue weighted by Gasteiger charge is 2.29. The van der Waals surface area contributed by atoms with E-state index in [1.54, 1.807) is 0 Å². The number of aliphatic hydroxyl groups is 1. The van der Waals surface area contributed by atoms with Crippen molar-refractivity contribution in [3.8, 4) is 0 Å². The van der Waals surface area contributed by atoms with Gasteiger partial charge in [-0.05, 0) is 6.42 Å². The second-order valence-electron chi connectivity index (χ2n) is 5.61. The Morgan fingerprint density at radius 1 is 0.821 bits per heavy atom. The van der Waals surface area contributed by atoms with E-state index in [4.69, 9.17) is 21.1 Å². The fourth-order valence-corrected chi connectivity index (χ4v) is 2.33. The second-order valence-corrected chi connectivity index (χ2v) is 6.34. The molecule has 0 aliphatic rings. The van der Waals surface area contributed by atoms with Gasteiger partial charge in [-0.1, -0.05) is 0 Å². The number of amides is 3. The number of hydrogen-bond acceptors (Lipinski definition) is 9. The molecule has 0 saturated heterocycles. The van der Waals surface area contributed by atoms with E-state index in [2.05, 4.69) is 41.2 Å². The molecule has 12 nitrogen and oxygen atoms in total. The molecule has 0 aliphatic carbocycles. The second kappa shape index (κ2) is 13.2. The molecule has 0 rings (SSSR count). The first-order valence-corrected chi connectivity index (χ1v) is 9.27. The quantitative estimate of drug-likeness (QED) is 0.130. The summed E-state index contributed by atoms with van der Waals surface area (Å²) in [7, 11) is 0. The number of nitrogens with two attached hydrogens (primary N) is 1. The molecule has 0 saturated carbocycles. The Morgan fingerprint density at radius 2 is 1.29 bits per heavy atom. The van der Waals surface area contributed by atoms with Gasteiger partial charge in [0.2, 0.25) is 17.7 Å². The predicted octanol–water partition coefficient (Wildman–Crippen LogP) is -3.43. The fraction of sp³-hybridized carbons (Fsp3) is 0.643. The predicted molar refractivity (Wildman–Crippen MR) is 103 cm³/mol. The third kappa shape index (κ3) is 9.25. The Morgan fingerprint density at radius 3 is 1.71 bits per heavy atom. The first-order chi connectivity index (χ1) is 13.1. The highest BCUT2D eigenvalue weighted by Crippen LogP contribution is 2.02. The first kappa shape index (κ1) is 26.0. The molecule has 0 aliphatic heterocycles. The van der Waals surface area contributed by atoms with Crippen molar-refractivity contribution in [1.29, 1.82) is 0 Å². The van der Waals surface area contributed by atoms with Gasteiger partial charge in [-0.15, -0.1) is 0 Å². The molecule has 4 atom stereocenters. The highest BCUT2D eigenvalue weighted by atomic mass is 32.1. The first-order valence-electron chi connectivity index (χ1n) is 8.01. The molecule has 0 radical (unpaired) electrons. The number of carbonyl (C=O) groups is 5. The summed E-state index contributed by atoms with van der Waals surface area (Å²) < 4.78 is 0. The van der Waals surface area contributed by atoms with Gasteiger partial charge in [-0.3, -0.25) is 19.2 Å². The lowest BCUT2D eigenvalue weighted by molar-refractivity contribution is -0.142. The minimum Gasteiger partial charge on any atom is -0.481 e. The fourth-order valence-electron chi connectivity index (χ4n) is 1.82. The molecular formula is C14H24N4O8S2. The molecule has 14 heteroatoms. The maximum Gasteiger partial charge on any atom is 0.327 e. The van der Waals surface area contributed by atoms with E-state index in [-0.39, 0.29) is 17.9 Å². The maximum absolute atomic E-state index is 12.3. The summed E-state index contributed by atoms with van der Waals surface area (Å²) in [6.45, 7) is -0.656. The van der Waals surface area contributed by atoms with Crippen molar-refractivity contribution in [2.75, 3.05) is 18.1 Å². The molecule has 0 aromatic rings. The number of nitrogens with one attached hydrogen (secondary N) is 3. The number of aliphatic carboxylic acids is 2. The van der Waals surface area contributed by atoms with Crippen LogP contribution in [0.4, 0.5) is 0 Å². The van der Waals surface area contributed by atoms with Crippen LogP contribution < -0.4 is 21.7 Å². The Hall–Kier alpha value is -2.03. The Labute approximate surface area is 171 Å². The van der Waals surface area contributed by atoms with Crippen molar-refractivity contribution in [3.05, 3.63) is 0 Å². The van der Waals surface area contributed by atoms with Crippen LogP contribution in [0.5, 0.6) is 0 Å². The number of rotatable bonds is 13. The van der Waals surface area contributed by atoms with E-state index in [0.717, 1.165) is 0 Å². The van der Waals surface area contributed by atoms with Crippen molar-refractivity contribution in [1.82, 2.24) is 16.0 Å². The minimum atomic E-state index is -1.38. The zero-order valence-electron chi connectivity index (χ0n) is 14.7. The number of thiol groups is 2. The molecule has 28 heavy (non-hydrogen) atoms. The Balaban J connectivity index is 5.20. The number of hydrogen-bond donors (Lipinski definition) is 9. The van der Waals surface area contributed by atoms with Crippen molar-refractivity contribution < 1.29 is 39.3 Å². The number of aliphatic hydroxyl groups excluding tert-OH is 1. The molecule has 0 aromatic carbocycles. The summed E-state index contributed by atoms with van der Waals surface area (Å²) in [5.74, 6) is -5.62. The lowest BCUT2D eigenvalue weighted by atomic mass is 10.1. The zero-order valence-corrected chi connectivity index (χ0v) is 16.5. The molecule has 0 fully saturated rings. The molecule has 0 bridgehead atoms. The lowest BCUT2D eigenvalue weighted by Gasteiger charge is -2.23. The summed E-state index contributed by atoms with van der Waals surface area (Å²) in [6.07, 6.45) is -0.806. The molecule has 0 spiro atoms. The van der Waals surface area contributed by atoms with E-state index in [0.29, 0.717) is 0 Å². The van der Waals surface area contributed by atoms with Gasteiger partial charge in [0.15, 0.2) is 0 Å². The molecule has 0 aromatic heterocycles. The van der Waals surface area contributed by atoms with Crippen LogP contribution >= 0.6 is 25.3 Å². The molecule has 8 N–H and O–H groups in total. The van der Waals surface area contributed by atoms with Crippen LogP contribution in [0, 0.1) is 0 Å². The van der Waals surface area contributed by atoms with Crippen LogP contribution in [0.1, 0.15) is 12.8 Å². The van der Waals surface area contributed by atoms with Crippen molar-refractivity contribution in [3.63, 3.8) is 0 Å². The largest absolute Gasteiger partial charge is 0.481 e. The summed E-state index contributed by atoms with van der Waals surface area (Å²) in [5, 5.41) is 33.2. The number of carbonyl (C=O) groups excluding carboxylic acids is 3. The van der Waals surface area contributed by atoms with Crippen LogP contribution in [0.25, 0.3) is 0 Å². The Kier molecular flexibility index (Phi) is 12.2. The van der Waals surface area contributed by atoms with E-state index in [1.165, 1.54) is 0 Å². The smallest absolute Gasteiger partial charge is 0.327 e. The highest BCUT2D eigenvalue weighted by molar-refractivity contribution is 7.80. The normalized spacial score (nSPS) is 14.9. The van der Waals surface area contributed by atoms with Gasteiger partial charge < -0.3 is 37.0 Å². The van der Waals surface area contributed by atoms with Gasteiger partial charge >= 0.3 is 11.9 Å². The Bertz CT molecular complexity index is 592. The van der Waals surface area contributed by atoms with Gasteiger partial charge in [-0.2, -0.15) is 25.3 Å². The SMILES string of the molecule is NC(CO)C(=O)NC(CS)C(=O)NC(CCC(=O)O)C(=O)NC(CS)C(=O)O. The lowest BCUT2D eigenvalue weighted by Crippen LogP contribution is -2.58. The number of carboxylic acid groups (broad SMARTS) is 2. The van der Waals surface area contributed by atoms with Crippen molar-refractivity contribution >= 4 is 54.9 Å². The zero-order chi connectivity index (χ0) is 21.9. The van der Waals surface area contributed by atoms with Crippen LogP contribution in [-0.2, 0) is 24.0 Å². The van der Waals surface area contributed by atoms with E-state index < -0.39 is 66.9 Å². The van der Waals surface area contributed by atoms with Crippen LogP contribution in [0.3, 0.4) is 0 Å². The molecular weight excluding hydrogens is 416 g/mol. The third-order valence-electron chi connectivity index (χ3n) is 3.43. The summed E-state index contributed by atoms with van der Waals surface area (Å²) in [4.78, 5) is 58.1. The van der Waals surface area contributed by atoms with E-state index >= 15 is 0 Å². The minimum absolute atomic E-state index is 0.183. The van der Waals surface area contributed by atoms with Crippen LogP contribution in [0.2, 0.25) is 0 Å². The van der Waals surface area contributed by atoms with Gasteiger partial charge in [0.05, 0.1) is 6.61 Å². The summed E-state index contributed by atoms with van der Waals surface area (Å²) in [6, 6.07) is -5.22. The third-order valence-corrected chi connectivity index (χ3v) is 4.16. The average Bonchev–Trinajstić information content (AvgIpc) is 2.65. The van der Waals surface area contributed by atoms with Gasteiger partial charge in [0.1, 0.15) is 24.2 Å². The average molecular weight is 441 g/mol. The summed E-state index contributed by atoms with van der Waals surface area (Å²) >= 11 is 7.72. The molecule has 3 amide bonds. The van der Waals surface area contributed by atoms with E-state index in [9.17, 15) is 24.0 Å². The summed E-state index contributed by atoms with van der Waals surface area (Å²) in [5.41, 5.74) is 5.34. The molecule has 0 heterocycles. The monoisotopic (exact) mass is 440 g/mol. The van der Waals surface area contributed by atoms with Crippen molar-refractivity contribution in [2.24, 2.45) is 5.73 Å². The van der Waals surface area contributed by atoms with Crippen LogP contribution in [0.15, 0.2) is 0 Å². The van der Waals surface area contributed by atoms with Gasteiger partial charge in [-0.25, -0.2) is 4.79 Å².